The van der Waals surface area contributed by atoms with Crippen molar-refractivity contribution in [3.05, 3.63) is 29.3 Å². The van der Waals surface area contributed by atoms with Gasteiger partial charge in [-0.1, -0.05) is 26.0 Å². The quantitative estimate of drug-likeness (QED) is 0.838. The van der Waals surface area contributed by atoms with Crippen molar-refractivity contribution < 1.29 is 5.11 Å². The summed E-state index contributed by atoms with van der Waals surface area (Å²) in [6, 6.07) is 6.69. The molecule has 112 valence electrons. The van der Waals surface area contributed by atoms with Gasteiger partial charge in [0.2, 0.25) is 0 Å². The zero-order valence-electron chi connectivity index (χ0n) is 13.2. The van der Waals surface area contributed by atoms with E-state index in [1.807, 2.05) is 6.92 Å². The van der Waals surface area contributed by atoms with Gasteiger partial charge in [0.05, 0.1) is 5.60 Å². The van der Waals surface area contributed by atoms with Crippen LogP contribution in [0, 0.1) is 5.92 Å². The Morgan fingerprint density at radius 2 is 2.15 bits per heavy atom. The zero-order chi connectivity index (χ0) is 14.8. The minimum atomic E-state index is -0.620. The Hall–Kier alpha value is -1.06. The smallest absolute Gasteiger partial charge is 0.0746 e. The van der Waals surface area contributed by atoms with E-state index in [9.17, 15) is 5.11 Å². The van der Waals surface area contributed by atoms with Crippen molar-refractivity contribution >= 4 is 5.69 Å². The summed E-state index contributed by atoms with van der Waals surface area (Å²) in [6.45, 7) is 8.79. The summed E-state index contributed by atoms with van der Waals surface area (Å²) in [6.07, 6.45) is 1.97. The molecular formula is C17H28N2O. The molecule has 1 aliphatic heterocycles. The van der Waals surface area contributed by atoms with Crippen molar-refractivity contribution in [3.63, 3.8) is 0 Å². The molecule has 1 heterocycles. The maximum atomic E-state index is 10.3. The molecule has 20 heavy (non-hydrogen) atoms. The number of likely N-dealkylation sites (N-methyl/N-ethyl adjacent to an activating group) is 1. The molecule has 2 N–H and O–H groups in total. The molecule has 1 aromatic carbocycles. The minimum absolute atomic E-state index is 0.516. The SMILES string of the molecule is CC(C)CC(C)(O)CNCc1ccc2c(c1)CCN2C. The Morgan fingerprint density at radius 3 is 2.85 bits per heavy atom. The highest BCUT2D eigenvalue weighted by Gasteiger charge is 2.21. The lowest BCUT2D eigenvalue weighted by atomic mass is 9.94. The first kappa shape index (κ1) is 15.3. The van der Waals surface area contributed by atoms with Crippen LogP contribution >= 0.6 is 0 Å². The van der Waals surface area contributed by atoms with E-state index < -0.39 is 5.60 Å². The van der Waals surface area contributed by atoms with Crippen LogP contribution in [0.2, 0.25) is 0 Å². The van der Waals surface area contributed by atoms with Gasteiger partial charge in [-0.15, -0.1) is 0 Å². The Labute approximate surface area is 123 Å². The number of hydrogen-bond donors (Lipinski definition) is 2. The molecule has 3 heteroatoms. The minimum Gasteiger partial charge on any atom is -0.389 e. The number of anilines is 1. The van der Waals surface area contributed by atoms with Gasteiger partial charge in [-0.05, 0) is 42.9 Å². The van der Waals surface area contributed by atoms with E-state index in [0.29, 0.717) is 12.5 Å². The third-order valence-electron chi connectivity index (χ3n) is 3.95. The number of fused-ring (bicyclic) bond motifs is 1. The second-order valence-corrected chi connectivity index (χ2v) is 6.83. The molecule has 1 atom stereocenters. The van der Waals surface area contributed by atoms with Crippen LogP contribution < -0.4 is 10.2 Å². The van der Waals surface area contributed by atoms with Gasteiger partial charge in [0.1, 0.15) is 0 Å². The lowest BCUT2D eigenvalue weighted by molar-refractivity contribution is 0.0383. The van der Waals surface area contributed by atoms with Gasteiger partial charge in [0.15, 0.2) is 0 Å². The lowest BCUT2D eigenvalue weighted by Gasteiger charge is -2.25. The Kier molecular flexibility index (Phi) is 4.71. The fourth-order valence-corrected chi connectivity index (χ4v) is 3.16. The topological polar surface area (TPSA) is 35.5 Å². The monoisotopic (exact) mass is 276 g/mol. The van der Waals surface area contributed by atoms with Crippen molar-refractivity contribution in [1.29, 1.82) is 0 Å². The number of nitrogens with zero attached hydrogens (tertiary/aromatic N) is 1. The highest BCUT2D eigenvalue weighted by Crippen LogP contribution is 2.27. The molecule has 1 unspecified atom stereocenters. The molecule has 1 aromatic rings. The van der Waals surface area contributed by atoms with Crippen LogP contribution in [0.1, 0.15) is 38.3 Å². The van der Waals surface area contributed by atoms with E-state index in [1.165, 1.54) is 16.8 Å². The van der Waals surface area contributed by atoms with E-state index >= 15 is 0 Å². The van der Waals surface area contributed by atoms with Crippen molar-refractivity contribution in [3.8, 4) is 0 Å². The summed E-state index contributed by atoms with van der Waals surface area (Å²) in [5.74, 6) is 0.516. The van der Waals surface area contributed by atoms with Crippen LogP contribution in [0.5, 0.6) is 0 Å². The average Bonchev–Trinajstić information content (AvgIpc) is 2.69. The molecule has 0 aromatic heterocycles. The van der Waals surface area contributed by atoms with Crippen molar-refractivity contribution in [2.24, 2.45) is 5.92 Å². The molecule has 0 aliphatic carbocycles. The molecule has 1 aliphatic rings. The predicted molar refractivity (Wildman–Crippen MR) is 85.2 cm³/mol. The van der Waals surface area contributed by atoms with Gasteiger partial charge in [0.25, 0.3) is 0 Å². The van der Waals surface area contributed by atoms with Crippen molar-refractivity contribution in [2.45, 2.75) is 45.8 Å². The molecule has 2 rings (SSSR count). The fraction of sp³-hybridized carbons (Fsp3) is 0.647. The molecule has 0 amide bonds. The third kappa shape index (κ3) is 3.97. The van der Waals surface area contributed by atoms with Crippen LogP contribution in [0.4, 0.5) is 5.69 Å². The third-order valence-corrected chi connectivity index (χ3v) is 3.95. The van der Waals surface area contributed by atoms with E-state index in [-0.39, 0.29) is 0 Å². The van der Waals surface area contributed by atoms with Crippen LogP contribution in [0.3, 0.4) is 0 Å². The lowest BCUT2D eigenvalue weighted by Crippen LogP contribution is -2.38. The van der Waals surface area contributed by atoms with Gasteiger partial charge >= 0.3 is 0 Å². The standard InChI is InChI=1S/C17H28N2O/c1-13(2)10-17(3,20)12-18-11-14-5-6-16-15(9-14)7-8-19(16)4/h5-6,9,13,18,20H,7-8,10-12H2,1-4H3. The average molecular weight is 276 g/mol. The first-order valence-corrected chi connectivity index (χ1v) is 7.63. The van der Waals surface area contributed by atoms with Gasteiger partial charge in [-0.25, -0.2) is 0 Å². The highest BCUT2D eigenvalue weighted by molar-refractivity contribution is 5.58. The van der Waals surface area contributed by atoms with Crippen LogP contribution in [-0.2, 0) is 13.0 Å². The van der Waals surface area contributed by atoms with Gasteiger partial charge < -0.3 is 15.3 Å². The first-order chi connectivity index (χ1) is 9.37. The van der Waals surface area contributed by atoms with Crippen LogP contribution in [0.15, 0.2) is 18.2 Å². The normalized spacial score (nSPS) is 17.4. The van der Waals surface area contributed by atoms with E-state index in [0.717, 1.165) is 25.9 Å². The molecule has 0 spiro atoms. The number of hydrogen-bond acceptors (Lipinski definition) is 3. The van der Waals surface area contributed by atoms with Gasteiger partial charge in [-0.3, -0.25) is 0 Å². The largest absolute Gasteiger partial charge is 0.389 e. The summed E-state index contributed by atoms with van der Waals surface area (Å²) >= 11 is 0. The molecular weight excluding hydrogens is 248 g/mol. The predicted octanol–water partition coefficient (Wildman–Crippen LogP) is 2.57. The molecule has 0 fully saturated rings. The molecule has 3 nitrogen and oxygen atoms in total. The molecule has 0 saturated carbocycles. The van der Waals surface area contributed by atoms with Gasteiger partial charge in [0, 0.05) is 32.4 Å². The Bertz CT molecular complexity index is 454. The first-order valence-electron chi connectivity index (χ1n) is 7.63. The Balaban J connectivity index is 1.86. The van der Waals surface area contributed by atoms with E-state index in [1.54, 1.807) is 0 Å². The van der Waals surface area contributed by atoms with Crippen molar-refractivity contribution in [2.75, 3.05) is 25.0 Å². The zero-order valence-corrected chi connectivity index (χ0v) is 13.2. The summed E-state index contributed by atoms with van der Waals surface area (Å²) in [4.78, 5) is 2.31. The molecule has 0 bridgehead atoms. The second-order valence-electron chi connectivity index (χ2n) is 6.83. The summed E-state index contributed by atoms with van der Waals surface area (Å²) in [5.41, 5.74) is 3.49. The number of rotatable bonds is 6. The van der Waals surface area contributed by atoms with Gasteiger partial charge in [-0.2, -0.15) is 0 Å². The second kappa shape index (κ2) is 6.15. The number of aliphatic hydroxyl groups is 1. The van der Waals surface area contributed by atoms with E-state index in [4.69, 9.17) is 0 Å². The number of benzene rings is 1. The maximum absolute atomic E-state index is 10.3. The summed E-state index contributed by atoms with van der Waals surface area (Å²) in [5, 5.41) is 13.7. The molecule has 0 saturated heterocycles. The highest BCUT2D eigenvalue weighted by atomic mass is 16.3. The number of nitrogens with one attached hydrogen (secondary N) is 1. The van der Waals surface area contributed by atoms with Crippen LogP contribution in [-0.4, -0.2) is 30.8 Å². The van der Waals surface area contributed by atoms with Crippen molar-refractivity contribution in [1.82, 2.24) is 5.32 Å². The fourth-order valence-electron chi connectivity index (χ4n) is 3.16. The summed E-state index contributed by atoms with van der Waals surface area (Å²) in [7, 11) is 2.15. The van der Waals surface area contributed by atoms with E-state index in [2.05, 4.69) is 49.3 Å². The molecule has 0 radical (unpaired) electrons. The Morgan fingerprint density at radius 1 is 1.40 bits per heavy atom. The van der Waals surface area contributed by atoms with Crippen LogP contribution in [0.25, 0.3) is 0 Å². The summed E-state index contributed by atoms with van der Waals surface area (Å²) < 4.78 is 0. The maximum Gasteiger partial charge on any atom is 0.0746 e.